The SMILES string of the molecule is CC1(S(=O)(=O)c2cccc(C(F)(F)F)c2)CCOC(C2=CC(S(=O)(=O)C(F)(F)F)=NC2)C1. The third-order valence-electron chi connectivity index (χ3n) is 5.41. The predicted octanol–water partition coefficient (Wildman–Crippen LogP) is 3.69. The van der Waals surface area contributed by atoms with Crippen LogP contribution < -0.4 is 0 Å². The first kappa shape index (κ1) is 24.7. The monoisotopic (exact) mass is 505 g/mol. The molecule has 3 rings (SSSR count). The number of hydrogen-bond donors (Lipinski definition) is 0. The van der Waals surface area contributed by atoms with Crippen LogP contribution in [0.2, 0.25) is 0 Å². The molecule has 0 saturated carbocycles. The first-order chi connectivity index (χ1) is 14.5. The summed E-state index contributed by atoms with van der Waals surface area (Å²) in [6, 6.07) is 3.26. The van der Waals surface area contributed by atoms with Gasteiger partial charge in [-0.25, -0.2) is 16.8 Å². The summed E-state index contributed by atoms with van der Waals surface area (Å²) in [5.41, 5.74) is -6.65. The second-order valence-electron chi connectivity index (χ2n) is 7.62. The molecule has 1 fully saturated rings. The van der Waals surface area contributed by atoms with E-state index in [1.54, 1.807) is 0 Å². The number of halogens is 6. The second-order valence-corrected chi connectivity index (χ2v) is 12.0. The fraction of sp³-hybridized carbons (Fsp3) is 0.500. The van der Waals surface area contributed by atoms with Gasteiger partial charge < -0.3 is 4.74 Å². The zero-order valence-electron chi connectivity index (χ0n) is 16.4. The molecule has 2 aliphatic heterocycles. The summed E-state index contributed by atoms with van der Waals surface area (Å²) >= 11 is 0. The van der Waals surface area contributed by atoms with Crippen molar-refractivity contribution in [2.75, 3.05) is 13.2 Å². The molecule has 0 N–H and O–H groups in total. The molecule has 0 amide bonds. The number of sulfone groups is 2. The first-order valence-electron chi connectivity index (χ1n) is 9.09. The van der Waals surface area contributed by atoms with E-state index in [-0.39, 0.29) is 25.0 Å². The van der Waals surface area contributed by atoms with Crippen molar-refractivity contribution >= 4 is 24.7 Å². The normalized spacial score (nSPS) is 25.4. The Kier molecular flexibility index (Phi) is 6.05. The van der Waals surface area contributed by atoms with Gasteiger partial charge in [0.05, 0.1) is 27.9 Å². The highest BCUT2D eigenvalue weighted by atomic mass is 32.2. The molecule has 0 spiro atoms. The van der Waals surface area contributed by atoms with Crippen LogP contribution in [0.5, 0.6) is 0 Å². The summed E-state index contributed by atoms with van der Waals surface area (Å²) < 4.78 is 131. The lowest BCUT2D eigenvalue weighted by Crippen LogP contribution is -2.45. The highest BCUT2D eigenvalue weighted by Crippen LogP contribution is 2.40. The van der Waals surface area contributed by atoms with Crippen molar-refractivity contribution in [1.29, 1.82) is 0 Å². The van der Waals surface area contributed by atoms with Crippen LogP contribution >= 0.6 is 0 Å². The van der Waals surface area contributed by atoms with Crippen LogP contribution in [0.1, 0.15) is 25.3 Å². The smallest absolute Gasteiger partial charge is 0.374 e. The molecule has 0 radical (unpaired) electrons. The van der Waals surface area contributed by atoms with E-state index in [4.69, 9.17) is 4.74 Å². The van der Waals surface area contributed by atoms with Crippen molar-refractivity contribution in [3.8, 4) is 0 Å². The molecule has 1 aromatic rings. The Balaban J connectivity index is 1.89. The molecule has 14 heteroatoms. The fourth-order valence-corrected chi connectivity index (χ4v) is 6.08. The summed E-state index contributed by atoms with van der Waals surface area (Å²) in [4.78, 5) is 2.85. The van der Waals surface area contributed by atoms with Gasteiger partial charge in [0.15, 0.2) is 14.9 Å². The fourth-order valence-electron chi connectivity index (χ4n) is 3.47. The Hall–Kier alpha value is -1.93. The van der Waals surface area contributed by atoms with Gasteiger partial charge in [0.25, 0.3) is 9.84 Å². The second kappa shape index (κ2) is 7.83. The summed E-state index contributed by atoms with van der Waals surface area (Å²) in [6.45, 7) is 0.717. The van der Waals surface area contributed by atoms with Crippen molar-refractivity contribution in [3.05, 3.63) is 41.5 Å². The quantitative estimate of drug-likeness (QED) is 0.585. The Morgan fingerprint density at radius 1 is 1.09 bits per heavy atom. The number of hydrogen-bond acceptors (Lipinski definition) is 6. The number of nitrogens with zero attached hydrogens (tertiary/aromatic N) is 1. The zero-order valence-corrected chi connectivity index (χ0v) is 18.0. The molecule has 1 aromatic carbocycles. The number of alkyl halides is 6. The minimum atomic E-state index is -5.67. The van der Waals surface area contributed by atoms with Crippen LogP contribution in [0.25, 0.3) is 0 Å². The molecular formula is C18H17F6NO5S2. The van der Waals surface area contributed by atoms with E-state index in [2.05, 4.69) is 4.99 Å². The minimum absolute atomic E-state index is 0.0398. The molecular weight excluding hydrogens is 488 g/mol. The molecule has 2 unspecified atom stereocenters. The molecule has 32 heavy (non-hydrogen) atoms. The van der Waals surface area contributed by atoms with Gasteiger partial charge in [0, 0.05) is 6.61 Å². The molecule has 0 aliphatic carbocycles. The summed E-state index contributed by atoms with van der Waals surface area (Å²) in [5, 5.41) is -1.20. The lowest BCUT2D eigenvalue weighted by Gasteiger charge is -2.38. The molecule has 2 aliphatic rings. The van der Waals surface area contributed by atoms with Crippen molar-refractivity contribution in [3.63, 3.8) is 0 Å². The van der Waals surface area contributed by atoms with Crippen molar-refractivity contribution < 1.29 is 47.9 Å². The number of ether oxygens (including phenoxy) is 1. The van der Waals surface area contributed by atoms with Crippen molar-refractivity contribution in [2.24, 2.45) is 4.99 Å². The standard InChI is InChI=1S/C18H17F6NO5S2/c1-16(31(26,27)13-4-2-3-12(8-13)17(19,20)21)5-6-30-14(9-16)11-7-15(25-10-11)32(28,29)18(22,23)24/h2-4,7-8,14H,5-6,9-10H2,1H3. The lowest BCUT2D eigenvalue weighted by molar-refractivity contribution is -0.137. The van der Waals surface area contributed by atoms with Gasteiger partial charge in [-0.3, -0.25) is 4.99 Å². The number of rotatable bonds is 3. The Labute approximate surface area is 179 Å². The molecule has 2 heterocycles. The van der Waals surface area contributed by atoms with Crippen LogP contribution in [0.3, 0.4) is 0 Å². The van der Waals surface area contributed by atoms with Gasteiger partial charge in [-0.1, -0.05) is 6.07 Å². The minimum Gasteiger partial charge on any atom is -0.374 e. The van der Waals surface area contributed by atoms with Gasteiger partial charge in [-0.05, 0) is 49.6 Å². The van der Waals surface area contributed by atoms with Gasteiger partial charge in [-0.15, -0.1) is 0 Å². The highest BCUT2D eigenvalue weighted by molar-refractivity contribution is 8.07. The van der Waals surface area contributed by atoms with E-state index in [0.717, 1.165) is 18.2 Å². The van der Waals surface area contributed by atoms with Crippen molar-refractivity contribution in [2.45, 2.75) is 47.2 Å². The summed E-state index contributed by atoms with van der Waals surface area (Å²) in [6.07, 6.45) is -5.50. The van der Waals surface area contributed by atoms with E-state index in [9.17, 15) is 43.2 Å². The third kappa shape index (κ3) is 4.31. The van der Waals surface area contributed by atoms with Crippen LogP contribution in [0.4, 0.5) is 26.3 Å². The summed E-state index contributed by atoms with van der Waals surface area (Å²) in [7, 11) is -9.99. The molecule has 6 nitrogen and oxygen atoms in total. The molecule has 178 valence electrons. The van der Waals surface area contributed by atoms with Crippen molar-refractivity contribution in [1.82, 2.24) is 0 Å². The molecule has 1 saturated heterocycles. The van der Waals surface area contributed by atoms with Gasteiger partial charge in [0.2, 0.25) is 0 Å². The van der Waals surface area contributed by atoms with Gasteiger partial charge in [0.1, 0.15) is 0 Å². The average Bonchev–Trinajstić information content (AvgIpc) is 3.17. The Bertz CT molecular complexity index is 1180. The van der Waals surface area contributed by atoms with E-state index in [0.29, 0.717) is 12.1 Å². The average molecular weight is 505 g/mol. The maximum atomic E-state index is 13.2. The number of benzene rings is 1. The van der Waals surface area contributed by atoms with Crippen LogP contribution in [0, 0.1) is 0 Å². The lowest BCUT2D eigenvalue weighted by atomic mass is 9.92. The number of aliphatic imine (C=N–C) groups is 1. The van der Waals surface area contributed by atoms with Crippen LogP contribution in [0.15, 0.2) is 45.8 Å². The van der Waals surface area contributed by atoms with Crippen LogP contribution in [-0.4, -0.2) is 51.4 Å². The van der Waals surface area contributed by atoms with E-state index in [1.807, 2.05) is 0 Å². The maximum Gasteiger partial charge on any atom is 0.503 e. The third-order valence-corrected chi connectivity index (χ3v) is 9.36. The topological polar surface area (TPSA) is 89.9 Å². The predicted molar refractivity (Wildman–Crippen MR) is 101 cm³/mol. The Morgan fingerprint density at radius 3 is 2.34 bits per heavy atom. The Morgan fingerprint density at radius 2 is 1.75 bits per heavy atom. The van der Waals surface area contributed by atoms with Crippen LogP contribution in [-0.2, 0) is 30.6 Å². The molecule has 2 atom stereocenters. The maximum absolute atomic E-state index is 13.2. The zero-order chi connectivity index (χ0) is 24.2. The van der Waals surface area contributed by atoms with E-state index >= 15 is 0 Å². The van der Waals surface area contributed by atoms with E-state index in [1.165, 1.54) is 6.92 Å². The highest BCUT2D eigenvalue weighted by Gasteiger charge is 2.51. The summed E-state index contributed by atoms with van der Waals surface area (Å²) in [5.74, 6) is 0. The van der Waals surface area contributed by atoms with Gasteiger partial charge >= 0.3 is 11.7 Å². The van der Waals surface area contributed by atoms with E-state index < -0.39 is 64.3 Å². The largest absolute Gasteiger partial charge is 0.503 e. The first-order valence-corrected chi connectivity index (χ1v) is 12.1. The molecule has 0 bridgehead atoms. The van der Waals surface area contributed by atoms with Gasteiger partial charge in [-0.2, -0.15) is 26.3 Å². The molecule has 0 aromatic heterocycles.